The fourth-order valence-corrected chi connectivity index (χ4v) is 3.62. The van der Waals surface area contributed by atoms with Crippen molar-refractivity contribution in [1.82, 2.24) is 10.6 Å². The van der Waals surface area contributed by atoms with Crippen molar-refractivity contribution in [3.8, 4) is 0 Å². The van der Waals surface area contributed by atoms with Gasteiger partial charge >= 0.3 is 0 Å². The van der Waals surface area contributed by atoms with Gasteiger partial charge in [-0.3, -0.25) is 0 Å². The molecule has 21 heavy (non-hydrogen) atoms. The van der Waals surface area contributed by atoms with Gasteiger partial charge in [-0.2, -0.15) is 0 Å². The van der Waals surface area contributed by atoms with Gasteiger partial charge in [0.1, 0.15) is 0 Å². The van der Waals surface area contributed by atoms with Crippen LogP contribution in [-0.2, 0) is 0 Å². The van der Waals surface area contributed by atoms with Crippen LogP contribution in [0, 0.1) is 0 Å². The third-order valence-corrected chi connectivity index (χ3v) is 4.91. The standard InChI is InChI=1S/C18H23N3/c1-2-16-12-20-13-17(16)11-15(1)14-3-5-18(6-4-14)21-9-7-19-8-10-21/h1-6,15,19-20H,7-13H2. The molecule has 0 spiro atoms. The summed E-state index contributed by atoms with van der Waals surface area (Å²) in [4.78, 5) is 2.47. The van der Waals surface area contributed by atoms with Crippen molar-refractivity contribution in [2.45, 2.75) is 12.3 Å². The zero-order chi connectivity index (χ0) is 14.1. The lowest BCUT2D eigenvalue weighted by molar-refractivity contribution is 0.589. The number of hydrogen-bond donors (Lipinski definition) is 2. The van der Waals surface area contributed by atoms with E-state index in [0.29, 0.717) is 5.92 Å². The second-order valence-corrected chi connectivity index (χ2v) is 6.23. The molecule has 0 aromatic heterocycles. The number of benzene rings is 1. The normalized spacial score (nSPS) is 25.3. The molecular formula is C18H23N3. The molecule has 3 nitrogen and oxygen atoms in total. The van der Waals surface area contributed by atoms with Crippen LogP contribution < -0.4 is 15.5 Å². The minimum Gasteiger partial charge on any atom is -0.369 e. The van der Waals surface area contributed by atoms with E-state index in [1.807, 2.05) is 0 Å². The average molecular weight is 281 g/mol. The lowest BCUT2D eigenvalue weighted by atomic mass is 9.86. The molecule has 1 unspecified atom stereocenters. The fourth-order valence-electron chi connectivity index (χ4n) is 3.62. The first-order valence-corrected chi connectivity index (χ1v) is 8.05. The molecule has 1 aliphatic carbocycles. The summed E-state index contributed by atoms with van der Waals surface area (Å²) in [5, 5.41) is 6.86. The molecule has 0 bridgehead atoms. The van der Waals surface area contributed by atoms with E-state index in [4.69, 9.17) is 0 Å². The molecule has 110 valence electrons. The zero-order valence-corrected chi connectivity index (χ0v) is 12.4. The predicted octanol–water partition coefficient (Wildman–Crippen LogP) is 2.04. The maximum absolute atomic E-state index is 3.45. The van der Waals surface area contributed by atoms with Crippen LogP contribution in [0.25, 0.3) is 0 Å². The Kier molecular flexibility index (Phi) is 3.53. The van der Waals surface area contributed by atoms with Gasteiger partial charge in [0.05, 0.1) is 0 Å². The summed E-state index contributed by atoms with van der Waals surface area (Å²) in [6, 6.07) is 9.23. The predicted molar refractivity (Wildman–Crippen MR) is 87.9 cm³/mol. The smallest absolute Gasteiger partial charge is 0.0367 e. The van der Waals surface area contributed by atoms with E-state index in [1.54, 1.807) is 5.57 Å². The summed E-state index contributed by atoms with van der Waals surface area (Å²) in [7, 11) is 0. The van der Waals surface area contributed by atoms with Gasteiger partial charge < -0.3 is 15.5 Å². The molecule has 3 aliphatic rings. The third kappa shape index (κ3) is 2.63. The highest BCUT2D eigenvalue weighted by Crippen LogP contribution is 2.33. The summed E-state index contributed by atoms with van der Waals surface area (Å²) >= 11 is 0. The number of anilines is 1. The van der Waals surface area contributed by atoms with E-state index in [9.17, 15) is 0 Å². The Labute approximate surface area is 126 Å². The first kappa shape index (κ1) is 13.1. The molecule has 1 aromatic carbocycles. The van der Waals surface area contributed by atoms with Gasteiger partial charge in [0, 0.05) is 50.9 Å². The lowest BCUT2D eigenvalue weighted by Crippen LogP contribution is -2.43. The molecule has 4 rings (SSSR count). The van der Waals surface area contributed by atoms with Crippen LogP contribution in [0.3, 0.4) is 0 Å². The highest BCUT2D eigenvalue weighted by Gasteiger charge is 2.21. The Hall–Kier alpha value is -1.58. The lowest BCUT2D eigenvalue weighted by Gasteiger charge is -2.29. The van der Waals surface area contributed by atoms with Crippen LogP contribution in [0.1, 0.15) is 17.9 Å². The van der Waals surface area contributed by atoms with Crippen molar-refractivity contribution in [3.05, 3.63) is 53.1 Å². The molecule has 2 N–H and O–H groups in total. The second kappa shape index (κ2) is 5.66. The summed E-state index contributed by atoms with van der Waals surface area (Å²) in [6.07, 6.45) is 5.89. The number of hydrogen-bond acceptors (Lipinski definition) is 3. The molecule has 1 saturated heterocycles. The van der Waals surface area contributed by atoms with E-state index < -0.39 is 0 Å². The largest absolute Gasteiger partial charge is 0.369 e. The van der Waals surface area contributed by atoms with Crippen LogP contribution in [-0.4, -0.2) is 39.3 Å². The second-order valence-electron chi connectivity index (χ2n) is 6.23. The zero-order valence-electron chi connectivity index (χ0n) is 12.4. The summed E-state index contributed by atoms with van der Waals surface area (Å²) in [5.74, 6) is 0.556. The monoisotopic (exact) mass is 281 g/mol. The summed E-state index contributed by atoms with van der Waals surface area (Å²) < 4.78 is 0. The minimum absolute atomic E-state index is 0.556. The van der Waals surface area contributed by atoms with E-state index in [-0.39, 0.29) is 0 Å². The maximum Gasteiger partial charge on any atom is 0.0367 e. The first-order valence-electron chi connectivity index (χ1n) is 8.05. The van der Waals surface area contributed by atoms with Crippen LogP contribution in [0.15, 0.2) is 47.6 Å². The van der Waals surface area contributed by atoms with Gasteiger partial charge in [0.2, 0.25) is 0 Å². The highest BCUT2D eigenvalue weighted by atomic mass is 15.2. The van der Waals surface area contributed by atoms with Gasteiger partial charge in [0.15, 0.2) is 0 Å². The fraction of sp³-hybridized carbons (Fsp3) is 0.444. The Bertz CT molecular complexity index is 565. The Morgan fingerprint density at radius 1 is 0.952 bits per heavy atom. The summed E-state index contributed by atoms with van der Waals surface area (Å²) in [5.41, 5.74) is 5.93. The molecule has 0 amide bonds. The van der Waals surface area contributed by atoms with Gasteiger partial charge in [-0.15, -0.1) is 0 Å². The quantitative estimate of drug-likeness (QED) is 0.869. The van der Waals surface area contributed by atoms with E-state index in [1.165, 1.54) is 23.2 Å². The highest BCUT2D eigenvalue weighted by molar-refractivity contribution is 5.50. The number of nitrogens with one attached hydrogen (secondary N) is 2. The summed E-state index contributed by atoms with van der Waals surface area (Å²) in [6.45, 7) is 6.55. The van der Waals surface area contributed by atoms with Gasteiger partial charge in [-0.05, 0) is 29.7 Å². The van der Waals surface area contributed by atoms with Crippen LogP contribution in [0.2, 0.25) is 0 Å². The molecule has 1 aromatic rings. The molecule has 1 atom stereocenters. The Balaban J connectivity index is 1.48. The number of piperazine rings is 1. The minimum atomic E-state index is 0.556. The molecule has 3 heteroatoms. The number of rotatable bonds is 2. The molecule has 2 heterocycles. The van der Waals surface area contributed by atoms with Crippen LogP contribution in [0.4, 0.5) is 5.69 Å². The van der Waals surface area contributed by atoms with Crippen molar-refractivity contribution in [2.24, 2.45) is 0 Å². The van der Waals surface area contributed by atoms with Crippen molar-refractivity contribution in [1.29, 1.82) is 0 Å². The number of allylic oxidation sites excluding steroid dienone is 1. The van der Waals surface area contributed by atoms with Gasteiger partial charge in [-0.1, -0.05) is 29.9 Å². The van der Waals surface area contributed by atoms with Crippen molar-refractivity contribution in [3.63, 3.8) is 0 Å². The maximum atomic E-state index is 3.45. The van der Waals surface area contributed by atoms with E-state index in [0.717, 1.165) is 39.3 Å². The number of nitrogens with zero attached hydrogens (tertiary/aromatic N) is 1. The van der Waals surface area contributed by atoms with Crippen LogP contribution >= 0.6 is 0 Å². The molecular weight excluding hydrogens is 258 g/mol. The Morgan fingerprint density at radius 2 is 1.76 bits per heavy atom. The third-order valence-electron chi connectivity index (χ3n) is 4.91. The van der Waals surface area contributed by atoms with Crippen molar-refractivity contribution < 1.29 is 0 Å². The van der Waals surface area contributed by atoms with E-state index >= 15 is 0 Å². The van der Waals surface area contributed by atoms with Crippen LogP contribution in [0.5, 0.6) is 0 Å². The van der Waals surface area contributed by atoms with Gasteiger partial charge in [0.25, 0.3) is 0 Å². The topological polar surface area (TPSA) is 27.3 Å². The van der Waals surface area contributed by atoms with Crippen molar-refractivity contribution >= 4 is 5.69 Å². The Morgan fingerprint density at radius 3 is 2.57 bits per heavy atom. The van der Waals surface area contributed by atoms with E-state index in [2.05, 4.69) is 52.0 Å². The van der Waals surface area contributed by atoms with Gasteiger partial charge in [-0.25, -0.2) is 0 Å². The molecule has 0 radical (unpaired) electrons. The average Bonchev–Trinajstić information content (AvgIpc) is 3.03. The SMILES string of the molecule is C1=CC(c2ccc(N3CCNCC3)cc2)CC2=C1CNC2. The first-order chi connectivity index (χ1) is 10.4. The molecule has 0 saturated carbocycles. The van der Waals surface area contributed by atoms with Crippen molar-refractivity contribution in [2.75, 3.05) is 44.2 Å². The molecule has 2 aliphatic heterocycles. The molecule has 1 fully saturated rings.